The average molecular weight is 460 g/mol. The highest BCUT2D eigenvalue weighted by molar-refractivity contribution is 6.07. The molecule has 34 heavy (non-hydrogen) atoms. The quantitative estimate of drug-likeness (QED) is 0.546. The Bertz CT molecular complexity index is 1330. The maximum atomic E-state index is 13.7. The van der Waals surface area contributed by atoms with E-state index in [2.05, 4.69) is 5.92 Å². The van der Waals surface area contributed by atoms with E-state index in [0.29, 0.717) is 46.6 Å². The second-order valence-electron chi connectivity index (χ2n) is 8.62. The van der Waals surface area contributed by atoms with Gasteiger partial charge in [-0.2, -0.15) is 0 Å². The lowest BCUT2D eigenvalue weighted by atomic mass is 9.97. The summed E-state index contributed by atoms with van der Waals surface area (Å²) in [7, 11) is 6.93. The topological polar surface area (TPSA) is 64.0 Å². The van der Waals surface area contributed by atoms with Crippen LogP contribution in [0.3, 0.4) is 0 Å². The first kappa shape index (κ1) is 23.2. The van der Waals surface area contributed by atoms with Crippen LogP contribution in [-0.2, 0) is 0 Å². The second kappa shape index (κ2) is 9.52. The van der Waals surface area contributed by atoms with Crippen molar-refractivity contribution in [3.05, 3.63) is 58.5 Å². The van der Waals surface area contributed by atoms with Crippen LogP contribution in [0.4, 0.5) is 5.69 Å². The third-order valence-electron chi connectivity index (χ3n) is 6.39. The van der Waals surface area contributed by atoms with Gasteiger partial charge in [0.2, 0.25) is 0 Å². The van der Waals surface area contributed by atoms with Crippen molar-refractivity contribution < 1.29 is 14.3 Å². The summed E-state index contributed by atoms with van der Waals surface area (Å²) in [5.74, 6) is 3.74. The third kappa shape index (κ3) is 4.19. The molecule has 3 aromatic rings. The Balaban J connectivity index is 1.93. The minimum Gasteiger partial charge on any atom is -0.493 e. The van der Waals surface area contributed by atoms with Crippen LogP contribution in [0.2, 0.25) is 0 Å². The number of aromatic nitrogens is 1. The van der Waals surface area contributed by atoms with Crippen LogP contribution in [0.15, 0.2) is 47.4 Å². The first-order chi connectivity index (χ1) is 16.4. The van der Waals surface area contributed by atoms with Crippen molar-refractivity contribution in [2.45, 2.75) is 12.8 Å². The summed E-state index contributed by atoms with van der Waals surface area (Å²) < 4.78 is 12.4. The van der Waals surface area contributed by atoms with E-state index in [4.69, 9.17) is 15.9 Å². The number of benzene rings is 2. The number of terminal acetylenes is 1. The van der Waals surface area contributed by atoms with Crippen LogP contribution in [0.25, 0.3) is 16.5 Å². The number of likely N-dealkylation sites (tertiary alicyclic amines) is 1. The second-order valence-corrected chi connectivity index (χ2v) is 8.62. The van der Waals surface area contributed by atoms with Crippen molar-refractivity contribution >= 4 is 22.4 Å². The summed E-state index contributed by atoms with van der Waals surface area (Å²) in [5, 5.41) is 0.920. The number of piperidine rings is 1. The van der Waals surface area contributed by atoms with E-state index in [0.717, 1.165) is 18.5 Å². The van der Waals surface area contributed by atoms with Gasteiger partial charge in [0.1, 0.15) is 0 Å². The number of rotatable bonds is 5. The van der Waals surface area contributed by atoms with Gasteiger partial charge in [0.05, 0.1) is 30.9 Å². The molecule has 0 bridgehead atoms. The summed E-state index contributed by atoms with van der Waals surface area (Å²) in [6.45, 7) is 1.16. The van der Waals surface area contributed by atoms with Crippen LogP contribution >= 0.6 is 0 Å². The van der Waals surface area contributed by atoms with Crippen LogP contribution in [0, 0.1) is 18.3 Å². The monoisotopic (exact) mass is 459 g/mol. The SMILES string of the molecule is C#CC1CCN(C(=O)c2cn(-c3cccc(N(C)C)c3)c(=O)c3cc(OC)c(OC)cc23)CC1. The smallest absolute Gasteiger partial charge is 0.263 e. The summed E-state index contributed by atoms with van der Waals surface area (Å²) in [5.41, 5.74) is 1.81. The highest BCUT2D eigenvalue weighted by Crippen LogP contribution is 2.33. The van der Waals surface area contributed by atoms with Gasteiger partial charge in [-0.25, -0.2) is 0 Å². The fraction of sp³-hybridized carbons (Fsp3) is 0.333. The molecule has 1 saturated heterocycles. The van der Waals surface area contributed by atoms with Crippen molar-refractivity contribution in [2.24, 2.45) is 5.92 Å². The zero-order valence-corrected chi connectivity index (χ0v) is 20.0. The first-order valence-electron chi connectivity index (χ1n) is 11.2. The lowest BCUT2D eigenvalue weighted by molar-refractivity contribution is 0.0709. The maximum Gasteiger partial charge on any atom is 0.263 e. The third-order valence-corrected chi connectivity index (χ3v) is 6.39. The lowest BCUT2D eigenvalue weighted by Gasteiger charge is -2.30. The average Bonchev–Trinajstić information content (AvgIpc) is 2.88. The Morgan fingerprint density at radius 3 is 2.29 bits per heavy atom. The maximum absolute atomic E-state index is 13.7. The Kier molecular flexibility index (Phi) is 6.51. The number of amides is 1. The Labute approximate surface area is 199 Å². The van der Waals surface area contributed by atoms with E-state index in [1.165, 1.54) is 18.8 Å². The van der Waals surface area contributed by atoms with Gasteiger partial charge >= 0.3 is 0 Å². The number of carbonyl (C=O) groups excluding carboxylic acids is 1. The molecule has 2 aromatic carbocycles. The fourth-order valence-electron chi connectivity index (χ4n) is 4.37. The van der Waals surface area contributed by atoms with E-state index < -0.39 is 0 Å². The number of hydrogen-bond acceptors (Lipinski definition) is 5. The number of carbonyl (C=O) groups is 1. The van der Waals surface area contributed by atoms with E-state index in [1.54, 1.807) is 18.3 Å². The van der Waals surface area contributed by atoms with Crippen molar-refractivity contribution in [3.8, 4) is 29.5 Å². The molecule has 7 heteroatoms. The first-order valence-corrected chi connectivity index (χ1v) is 11.2. The minimum atomic E-state index is -0.241. The van der Waals surface area contributed by atoms with Crippen molar-refractivity contribution in [2.75, 3.05) is 46.3 Å². The number of methoxy groups -OCH3 is 2. The van der Waals surface area contributed by atoms with E-state index in [-0.39, 0.29) is 17.4 Å². The van der Waals surface area contributed by atoms with Crippen molar-refractivity contribution in [3.63, 3.8) is 0 Å². The van der Waals surface area contributed by atoms with Gasteiger partial charge in [-0.15, -0.1) is 12.3 Å². The van der Waals surface area contributed by atoms with Gasteiger partial charge in [0.25, 0.3) is 11.5 Å². The van der Waals surface area contributed by atoms with E-state index >= 15 is 0 Å². The molecule has 1 aliphatic rings. The molecule has 0 unspecified atom stereocenters. The number of pyridine rings is 1. The number of anilines is 1. The van der Waals surface area contributed by atoms with Gasteiger partial charge in [-0.3, -0.25) is 14.2 Å². The number of nitrogens with zero attached hydrogens (tertiary/aromatic N) is 3. The van der Waals surface area contributed by atoms with Crippen LogP contribution in [0.1, 0.15) is 23.2 Å². The molecule has 0 radical (unpaired) electrons. The van der Waals surface area contributed by atoms with Gasteiger partial charge < -0.3 is 19.3 Å². The molecule has 1 amide bonds. The molecule has 1 aromatic heterocycles. The van der Waals surface area contributed by atoms with Gasteiger partial charge in [0, 0.05) is 50.4 Å². The predicted molar refractivity (Wildman–Crippen MR) is 134 cm³/mol. The van der Waals surface area contributed by atoms with Crippen LogP contribution < -0.4 is 19.9 Å². The molecule has 4 rings (SSSR count). The molecule has 0 aliphatic carbocycles. The van der Waals surface area contributed by atoms with Gasteiger partial charge in [-0.05, 0) is 43.2 Å². The summed E-state index contributed by atoms with van der Waals surface area (Å²) in [4.78, 5) is 31.1. The normalized spacial score (nSPS) is 14.0. The lowest BCUT2D eigenvalue weighted by Crippen LogP contribution is -2.38. The molecule has 0 N–H and O–H groups in total. The predicted octanol–water partition coefficient (Wildman–Crippen LogP) is 3.56. The number of hydrogen-bond donors (Lipinski definition) is 0. The van der Waals surface area contributed by atoms with Crippen LogP contribution in [0.5, 0.6) is 11.5 Å². The zero-order valence-electron chi connectivity index (χ0n) is 20.0. The largest absolute Gasteiger partial charge is 0.493 e. The fourth-order valence-corrected chi connectivity index (χ4v) is 4.37. The Morgan fingerprint density at radius 2 is 1.71 bits per heavy atom. The molecule has 7 nitrogen and oxygen atoms in total. The highest BCUT2D eigenvalue weighted by atomic mass is 16.5. The van der Waals surface area contributed by atoms with Gasteiger partial charge in [-0.1, -0.05) is 6.07 Å². The molecule has 0 spiro atoms. The summed E-state index contributed by atoms with van der Waals surface area (Å²) >= 11 is 0. The summed E-state index contributed by atoms with van der Waals surface area (Å²) in [6.07, 6.45) is 8.75. The van der Waals surface area contributed by atoms with E-state index in [9.17, 15) is 9.59 Å². The molecular formula is C27H29N3O4. The Morgan fingerprint density at radius 1 is 1.06 bits per heavy atom. The zero-order chi connectivity index (χ0) is 24.4. The minimum absolute atomic E-state index is 0.134. The summed E-state index contributed by atoms with van der Waals surface area (Å²) in [6, 6.07) is 11.0. The van der Waals surface area contributed by atoms with Gasteiger partial charge in [0.15, 0.2) is 11.5 Å². The molecule has 2 heterocycles. The molecule has 0 saturated carbocycles. The molecule has 0 atom stereocenters. The van der Waals surface area contributed by atoms with Crippen molar-refractivity contribution in [1.29, 1.82) is 0 Å². The van der Waals surface area contributed by atoms with Crippen molar-refractivity contribution in [1.82, 2.24) is 9.47 Å². The van der Waals surface area contributed by atoms with Crippen LogP contribution in [-0.4, -0.2) is 56.8 Å². The number of ether oxygens (including phenoxy) is 2. The molecule has 176 valence electrons. The highest BCUT2D eigenvalue weighted by Gasteiger charge is 2.26. The molecule has 1 fully saturated rings. The standard InChI is InChI=1S/C27H29N3O4/c1-6-18-10-12-29(13-11-18)26(31)23-17-30(20-9-7-8-19(14-20)28(2)3)27(32)22-16-25(34-5)24(33-4)15-21(22)23/h1,7-9,14-18H,10-13H2,2-5H3. The molecular weight excluding hydrogens is 430 g/mol. The number of fused-ring (bicyclic) bond motifs is 1. The Hall–Kier alpha value is -3.92. The molecule has 1 aliphatic heterocycles. The van der Waals surface area contributed by atoms with E-state index in [1.807, 2.05) is 48.2 Å².